The van der Waals surface area contributed by atoms with Crippen molar-refractivity contribution in [2.45, 2.75) is 33.2 Å². The predicted molar refractivity (Wildman–Crippen MR) is 94.8 cm³/mol. The Balaban J connectivity index is 1.75. The predicted octanol–water partition coefficient (Wildman–Crippen LogP) is 3.38. The highest BCUT2D eigenvalue weighted by atomic mass is 79.9. The van der Waals surface area contributed by atoms with Crippen LogP contribution in [0.2, 0.25) is 0 Å². The number of amides is 1. The molecule has 1 aromatic carbocycles. The van der Waals surface area contributed by atoms with Crippen molar-refractivity contribution in [1.82, 2.24) is 9.97 Å². The first-order valence-corrected chi connectivity index (χ1v) is 8.39. The third-order valence-corrected chi connectivity index (χ3v) is 5.08. The van der Waals surface area contributed by atoms with E-state index >= 15 is 0 Å². The maximum atomic E-state index is 12.7. The third kappa shape index (κ3) is 3.22. The number of rotatable bonds is 3. The summed E-state index contributed by atoms with van der Waals surface area (Å²) in [4.78, 5) is 23.1. The Labute approximate surface area is 144 Å². The summed E-state index contributed by atoms with van der Waals surface area (Å²) in [5, 5.41) is 3.16. The number of nitrogens with one attached hydrogen (secondary N) is 1. The number of anilines is 2. The molecule has 0 spiro atoms. The molecule has 3 rings (SSSR count). The molecule has 0 bridgehead atoms. The Bertz CT molecular complexity index is 762. The van der Waals surface area contributed by atoms with Crippen molar-refractivity contribution in [3.05, 3.63) is 45.7 Å². The standard InChI is InChI=1S/C17H19BrN4O/c1-10-8-13(4-5-14(10)18)22-7-6-15(16(22)23)21-17-19-9-11(2)12(3)20-17/h4-5,8-9,15H,6-7H2,1-3H3,(H,19,20,21). The van der Waals surface area contributed by atoms with E-state index in [1.165, 1.54) is 0 Å². The van der Waals surface area contributed by atoms with Crippen molar-refractivity contribution >= 4 is 33.5 Å². The van der Waals surface area contributed by atoms with E-state index in [0.717, 1.165) is 33.4 Å². The lowest BCUT2D eigenvalue weighted by atomic mass is 10.2. The van der Waals surface area contributed by atoms with E-state index in [1.807, 2.05) is 43.9 Å². The molecule has 0 saturated carbocycles. The Morgan fingerprint density at radius 1 is 1.26 bits per heavy atom. The number of benzene rings is 1. The van der Waals surface area contributed by atoms with Crippen LogP contribution >= 0.6 is 15.9 Å². The van der Waals surface area contributed by atoms with Gasteiger partial charge >= 0.3 is 0 Å². The minimum absolute atomic E-state index is 0.0635. The second-order valence-corrected chi connectivity index (χ2v) is 6.73. The van der Waals surface area contributed by atoms with Gasteiger partial charge in [0.05, 0.1) is 0 Å². The molecule has 2 heterocycles. The first-order valence-electron chi connectivity index (χ1n) is 7.60. The van der Waals surface area contributed by atoms with Crippen LogP contribution in [0.25, 0.3) is 0 Å². The molecular formula is C17H19BrN4O. The van der Waals surface area contributed by atoms with E-state index in [4.69, 9.17) is 0 Å². The second kappa shape index (κ2) is 6.28. The van der Waals surface area contributed by atoms with Crippen LogP contribution in [-0.4, -0.2) is 28.5 Å². The van der Waals surface area contributed by atoms with Gasteiger partial charge in [-0.1, -0.05) is 15.9 Å². The largest absolute Gasteiger partial charge is 0.342 e. The lowest BCUT2D eigenvalue weighted by Crippen LogP contribution is -2.34. The van der Waals surface area contributed by atoms with E-state index in [-0.39, 0.29) is 11.9 Å². The van der Waals surface area contributed by atoms with Gasteiger partial charge in [0.1, 0.15) is 6.04 Å². The average Bonchev–Trinajstić information content (AvgIpc) is 2.87. The molecule has 1 aromatic heterocycles. The second-order valence-electron chi connectivity index (χ2n) is 5.87. The van der Waals surface area contributed by atoms with E-state index in [2.05, 4.69) is 31.2 Å². The Morgan fingerprint density at radius 3 is 2.74 bits per heavy atom. The zero-order valence-electron chi connectivity index (χ0n) is 13.4. The first-order chi connectivity index (χ1) is 11.0. The maximum Gasteiger partial charge on any atom is 0.249 e. The van der Waals surface area contributed by atoms with Crippen LogP contribution in [0, 0.1) is 20.8 Å². The van der Waals surface area contributed by atoms with Gasteiger partial charge in [-0.05, 0) is 56.5 Å². The van der Waals surface area contributed by atoms with Gasteiger partial charge in [-0.3, -0.25) is 4.79 Å². The molecule has 0 radical (unpaired) electrons. The van der Waals surface area contributed by atoms with E-state index < -0.39 is 0 Å². The van der Waals surface area contributed by atoms with Gasteiger partial charge in [-0.2, -0.15) is 0 Å². The topological polar surface area (TPSA) is 58.1 Å². The van der Waals surface area contributed by atoms with Gasteiger partial charge in [0.25, 0.3) is 0 Å². The van der Waals surface area contributed by atoms with Gasteiger partial charge in [0.15, 0.2) is 0 Å². The third-order valence-electron chi connectivity index (χ3n) is 4.19. The highest BCUT2D eigenvalue weighted by molar-refractivity contribution is 9.10. The molecule has 6 heteroatoms. The van der Waals surface area contributed by atoms with Crippen molar-refractivity contribution in [3.63, 3.8) is 0 Å². The van der Waals surface area contributed by atoms with Crippen LogP contribution in [0.1, 0.15) is 23.2 Å². The van der Waals surface area contributed by atoms with Crippen molar-refractivity contribution in [1.29, 1.82) is 0 Å². The van der Waals surface area contributed by atoms with E-state index in [9.17, 15) is 4.79 Å². The SMILES string of the molecule is Cc1cc(N2CCC(Nc3ncc(C)c(C)n3)C2=O)ccc1Br. The van der Waals surface area contributed by atoms with E-state index in [1.54, 1.807) is 6.20 Å². The minimum atomic E-state index is -0.277. The molecule has 120 valence electrons. The molecule has 5 nitrogen and oxygen atoms in total. The zero-order chi connectivity index (χ0) is 16.6. The first kappa shape index (κ1) is 15.9. The summed E-state index contributed by atoms with van der Waals surface area (Å²) in [5.74, 6) is 0.578. The van der Waals surface area contributed by atoms with Gasteiger partial charge in [0.2, 0.25) is 11.9 Å². The monoisotopic (exact) mass is 374 g/mol. The number of aryl methyl sites for hydroxylation is 3. The lowest BCUT2D eigenvalue weighted by molar-refractivity contribution is -0.117. The summed E-state index contributed by atoms with van der Waals surface area (Å²) >= 11 is 3.49. The maximum absolute atomic E-state index is 12.7. The molecule has 1 fully saturated rings. The van der Waals surface area contributed by atoms with Crippen LogP contribution in [0.3, 0.4) is 0 Å². The molecular weight excluding hydrogens is 356 g/mol. The fraction of sp³-hybridized carbons (Fsp3) is 0.353. The number of carbonyl (C=O) groups excluding carboxylic acids is 1. The number of nitrogens with zero attached hydrogens (tertiary/aromatic N) is 3. The molecule has 23 heavy (non-hydrogen) atoms. The van der Waals surface area contributed by atoms with Crippen LogP contribution in [-0.2, 0) is 4.79 Å². The Morgan fingerprint density at radius 2 is 2.04 bits per heavy atom. The van der Waals surface area contributed by atoms with Crippen molar-refractivity contribution in [3.8, 4) is 0 Å². The molecule has 1 atom stereocenters. The van der Waals surface area contributed by atoms with Crippen molar-refractivity contribution in [2.75, 3.05) is 16.8 Å². The molecule has 1 aliphatic rings. The van der Waals surface area contributed by atoms with E-state index in [0.29, 0.717) is 12.5 Å². The fourth-order valence-corrected chi connectivity index (χ4v) is 2.87. The van der Waals surface area contributed by atoms with Gasteiger partial charge in [-0.25, -0.2) is 9.97 Å². The highest BCUT2D eigenvalue weighted by Gasteiger charge is 2.33. The average molecular weight is 375 g/mol. The minimum Gasteiger partial charge on any atom is -0.342 e. The quantitative estimate of drug-likeness (QED) is 0.894. The number of hydrogen-bond donors (Lipinski definition) is 1. The normalized spacial score (nSPS) is 17.7. The summed E-state index contributed by atoms with van der Waals surface area (Å²) in [6, 6.07) is 5.69. The number of aromatic nitrogens is 2. The molecule has 0 aliphatic carbocycles. The number of halogens is 1. The van der Waals surface area contributed by atoms with Crippen LogP contribution in [0.15, 0.2) is 28.9 Å². The van der Waals surface area contributed by atoms with Gasteiger partial charge in [0, 0.05) is 28.6 Å². The lowest BCUT2D eigenvalue weighted by Gasteiger charge is -2.18. The highest BCUT2D eigenvalue weighted by Crippen LogP contribution is 2.27. The summed E-state index contributed by atoms with van der Waals surface area (Å²) in [6.45, 7) is 6.63. The van der Waals surface area contributed by atoms with Crippen LogP contribution in [0.4, 0.5) is 11.6 Å². The number of carbonyl (C=O) groups is 1. The van der Waals surface area contributed by atoms with Crippen molar-refractivity contribution < 1.29 is 4.79 Å². The van der Waals surface area contributed by atoms with Crippen molar-refractivity contribution in [2.24, 2.45) is 0 Å². The van der Waals surface area contributed by atoms with Gasteiger partial charge in [-0.15, -0.1) is 0 Å². The Kier molecular flexibility index (Phi) is 4.35. The molecule has 1 aliphatic heterocycles. The summed E-state index contributed by atoms with van der Waals surface area (Å²) < 4.78 is 1.05. The molecule has 1 unspecified atom stereocenters. The molecule has 2 aromatic rings. The van der Waals surface area contributed by atoms with Gasteiger partial charge < -0.3 is 10.2 Å². The molecule has 1 amide bonds. The summed E-state index contributed by atoms with van der Waals surface area (Å²) in [5.41, 5.74) is 4.01. The zero-order valence-corrected chi connectivity index (χ0v) is 15.0. The summed E-state index contributed by atoms with van der Waals surface area (Å²) in [7, 11) is 0. The number of hydrogen-bond acceptors (Lipinski definition) is 4. The van der Waals surface area contributed by atoms with Crippen LogP contribution in [0.5, 0.6) is 0 Å². The summed E-state index contributed by atoms with van der Waals surface area (Å²) in [6.07, 6.45) is 2.52. The van der Waals surface area contributed by atoms with Crippen LogP contribution < -0.4 is 10.2 Å². The molecule has 1 saturated heterocycles. The smallest absolute Gasteiger partial charge is 0.249 e. The fourth-order valence-electron chi connectivity index (χ4n) is 2.62. The molecule has 1 N–H and O–H groups in total. The Hall–Kier alpha value is -1.95.